The van der Waals surface area contributed by atoms with Crippen LogP contribution in [0.4, 0.5) is 0 Å². The van der Waals surface area contributed by atoms with E-state index in [1.807, 2.05) is 24.5 Å². The summed E-state index contributed by atoms with van der Waals surface area (Å²) in [4.78, 5) is 25.1. The molecular formula is C18H16Cl2N4O. The number of Topliss-reactive ketones (excluding diaryl/α,β-unsaturated/α-hetero) is 1. The average Bonchev–Trinajstić information content (AvgIpc) is 2.83. The Morgan fingerprint density at radius 2 is 1.88 bits per heavy atom. The third-order valence-electron chi connectivity index (χ3n) is 4.05. The van der Waals surface area contributed by atoms with Crippen molar-refractivity contribution in [3.63, 3.8) is 0 Å². The Bertz CT molecular complexity index is 935. The maximum Gasteiger partial charge on any atom is 0.143 e. The van der Waals surface area contributed by atoms with Crippen LogP contribution in [0.5, 0.6) is 0 Å². The van der Waals surface area contributed by atoms with Crippen molar-refractivity contribution in [1.29, 1.82) is 0 Å². The van der Waals surface area contributed by atoms with E-state index < -0.39 is 5.92 Å². The van der Waals surface area contributed by atoms with Crippen molar-refractivity contribution >= 4 is 29.0 Å². The summed E-state index contributed by atoms with van der Waals surface area (Å²) in [7, 11) is 0. The molecule has 0 amide bonds. The summed E-state index contributed by atoms with van der Waals surface area (Å²) in [6.45, 7) is 5.38. The Kier molecular flexibility index (Phi) is 4.88. The third kappa shape index (κ3) is 3.43. The number of pyridine rings is 2. The molecule has 0 saturated carbocycles. The van der Waals surface area contributed by atoms with E-state index in [0.29, 0.717) is 16.0 Å². The van der Waals surface area contributed by atoms with Gasteiger partial charge in [0.25, 0.3) is 0 Å². The molecule has 3 aromatic heterocycles. The largest absolute Gasteiger partial charge is 0.299 e. The molecule has 0 aromatic carbocycles. The maximum atomic E-state index is 12.4. The second-order valence-electron chi connectivity index (χ2n) is 5.76. The van der Waals surface area contributed by atoms with E-state index in [2.05, 4.69) is 15.0 Å². The van der Waals surface area contributed by atoms with Gasteiger partial charge >= 0.3 is 0 Å². The van der Waals surface area contributed by atoms with E-state index in [9.17, 15) is 4.79 Å². The topological polar surface area (TPSA) is 60.7 Å². The molecule has 0 bridgehead atoms. The number of halogens is 2. The molecule has 25 heavy (non-hydrogen) atoms. The molecule has 3 aromatic rings. The lowest BCUT2D eigenvalue weighted by molar-refractivity contribution is -0.117. The lowest BCUT2D eigenvalue weighted by Gasteiger charge is -2.14. The highest BCUT2D eigenvalue weighted by Crippen LogP contribution is 2.30. The highest BCUT2D eigenvalue weighted by molar-refractivity contribution is 6.29. The van der Waals surface area contributed by atoms with Gasteiger partial charge < -0.3 is 0 Å². The van der Waals surface area contributed by atoms with Gasteiger partial charge in [-0.15, -0.1) is 0 Å². The highest BCUT2D eigenvalue weighted by atomic mass is 35.5. The lowest BCUT2D eigenvalue weighted by atomic mass is 9.92. The molecule has 0 saturated heterocycles. The molecule has 0 aliphatic rings. The third-order valence-corrected chi connectivity index (χ3v) is 4.48. The van der Waals surface area contributed by atoms with Crippen LogP contribution in [0.25, 0.3) is 5.69 Å². The van der Waals surface area contributed by atoms with Crippen LogP contribution in [-0.4, -0.2) is 25.3 Å². The zero-order valence-electron chi connectivity index (χ0n) is 14.0. The highest BCUT2D eigenvalue weighted by Gasteiger charge is 2.26. The molecule has 0 spiro atoms. The number of nitrogens with zero attached hydrogens (tertiary/aromatic N) is 4. The van der Waals surface area contributed by atoms with E-state index in [0.717, 1.165) is 22.8 Å². The second kappa shape index (κ2) is 6.94. The first-order valence-electron chi connectivity index (χ1n) is 7.68. The van der Waals surface area contributed by atoms with Crippen LogP contribution in [0.3, 0.4) is 0 Å². The van der Waals surface area contributed by atoms with E-state index in [1.165, 1.54) is 0 Å². The standard InChI is InChI=1S/C18H16Cl2N4O/c1-10-18(17(11(2)25)13-6-7-21-16(20)8-13)23-12(3)24(10)14-4-5-15(19)22-9-14/h4-9,17H,1-3H3. The Balaban J connectivity index is 2.14. The SMILES string of the molecule is CC(=O)C(c1ccnc(Cl)c1)c1nc(C)n(-c2ccc(Cl)nc2)c1C. The van der Waals surface area contributed by atoms with Gasteiger partial charge in [0, 0.05) is 11.9 Å². The van der Waals surface area contributed by atoms with Crippen molar-refractivity contribution in [2.24, 2.45) is 0 Å². The van der Waals surface area contributed by atoms with E-state index in [4.69, 9.17) is 23.2 Å². The Morgan fingerprint density at radius 1 is 1.12 bits per heavy atom. The molecule has 3 heterocycles. The number of aryl methyl sites for hydroxylation is 1. The van der Waals surface area contributed by atoms with Crippen LogP contribution in [-0.2, 0) is 4.79 Å². The molecule has 1 unspecified atom stereocenters. The summed E-state index contributed by atoms with van der Waals surface area (Å²) in [5, 5.41) is 0.770. The molecule has 128 valence electrons. The molecule has 0 fully saturated rings. The fourth-order valence-corrected chi connectivity index (χ4v) is 3.29. The quantitative estimate of drug-likeness (QED) is 0.638. The van der Waals surface area contributed by atoms with Crippen molar-refractivity contribution in [3.8, 4) is 5.69 Å². The molecule has 0 radical (unpaired) electrons. The van der Waals surface area contributed by atoms with E-state index in [1.54, 1.807) is 37.5 Å². The van der Waals surface area contributed by atoms with Crippen molar-refractivity contribution in [2.45, 2.75) is 26.7 Å². The molecule has 7 heteroatoms. The normalized spacial score (nSPS) is 12.2. The van der Waals surface area contributed by atoms with Crippen molar-refractivity contribution in [3.05, 3.63) is 69.7 Å². The van der Waals surface area contributed by atoms with Gasteiger partial charge in [-0.05, 0) is 50.6 Å². The summed E-state index contributed by atoms with van der Waals surface area (Å²) < 4.78 is 1.96. The minimum atomic E-state index is -0.499. The number of ketones is 1. The van der Waals surface area contributed by atoms with Crippen LogP contribution in [0.15, 0.2) is 36.7 Å². The number of rotatable bonds is 4. The predicted molar refractivity (Wildman–Crippen MR) is 97.6 cm³/mol. The molecule has 0 aliphatic heterocycles. The number of carbonyl (C=O) groups excluding carboxylic acids is 1. The van der Waals surface area contributed by atoms with Gasteiger partial charge in [0.15, 0.2) is 0 Å². The smallest absolute Gasteiger partial charge is 0.143 e. The summed E-state index contributed by atoms with van der Waals surface area (Å²) in [5.41, 5.74) is 3.18. The summed E-state index contributed by atoms with van der Waals surface area (Å²) >= 11 is 11.9. The monoisotopic (exact) mass is 374 g/mol. The minimum Gasteiger partial charge on any atom is -0.299 e. The molecule has 0 N–H and O–H groups in total. The lowest BCUT2D eigenvalue weighted by Crippen LogP contribution is -2.13. The van der Waals surface area contributed by atoms with Crippen LogP contribution in [0.1, 0.15) is 35.6 Å². The van der Waals surface area contributed by atoms with Crippen LogP contribution < -0.4 is 0 Å². The van der Waals surface area contributed by atoms with Crippen LogP contribution in [0, 0.1) is 13.8 Å². The number of imidazole rings is 1. The Labute approximate surface area is 155 Å². The number of hydrogen-bond donors (Lipinski definition) is 0. The summed E-state index contributed by atoms with van der Waals surface area (Å²) in [6, 6.07) is 7.08. The molecule has 3 rings (SSSR count). The predicted octanol–water partition coefficient (Wildman–Crippen LogP) is 4.31. The van der Waals surface area contributed by atoms with Crippen LogP contribution >= 0.6 is 23.2 Å². The first-order valence-corrected chi connectivity index (χ1v) is 8.43. The molecule has 1 atom stereocenters. The molecular weight excluding hydrogens is 359 g/mol. The first-order chi connectivity index (χ1) is 11.9. The van der Waals surface area contributed by atoms with Gasteiger partial charge in [0.2, 0.25) is 0 Å². The average molecular weight is 375 g/mol. The maximum absolute atomic E-state index is 12.4. The van der Waals surface area contributed by atoms with Crippen molar-refractivity contribution in [1.82, 2.24) is 19.5 Å². The fraction of sp³-hybridized carbons (Fsp3) is 0.222. The zero-order chi connectivity index (χ0) is 18.1. The zero-order valence-corrected chi connectivity index (χ0v) is 15.5. The minimum absolute atomic E-state index is 0.00996. The summed E-state index contributed by atoms with van der Waals surface area (Å²) in [5.74, 6) is 0.257. The number of carbonyl (C=O) groups is 1. The van der Waals surface area contributed by atoms with Crippen molar-refractivity contribution in [2.75, 3.05) is 0 Å². The number of hydrogen-bond acceptors (Lipinski definition) is 4. The Morgan fingerprint density at radius 3 is 2.48 bits per heavy atom. The van der Waals surface area contributed by atoms with Gasteiger partial charge in [-0.25, -0.2) is 15.0 Å². The van der Waals surface area contributed by atoms with Crippen molar-refractivity contribution < 1.29 is 4.79 Å². The second-order valence-corrected chi connectivity index (χ2v) is 6.53. The van der Waals surface area contributed by atoms with Gasteiger partial charge in [0.1, 0.15) is 21.9 Å². The molecule has 5 nitrogen and oxygen atoms in total. The number of aromatic nitrogens is 4. The van der Waals surface area contributed by atoms with Gasteiger partial charge in [-0.1, -0.05) is 23.2 Å². The fourth-order valence-electron chi connectivity index (χ4n) is 3.00. The van der Waals surface area contributed by atoms with E-state index in [-0.39, 0.29) is 5.78 Å². The summed E-state index contributed by atoms with van der Waals surface area (Å²) in [6.07, 6.45) is 3.27. The first kappa shape index (κ1) is 17.6. The van der Waals surface area contributed by atoms with Crippen LogP contribution in [0.2, 0.25) is 10.3 Å². The molecule has 0 aliphatic carbocycles. The van der Waals surface area contributed by atoms with Gasteiger partial charge in [-0.3, -0.25) is 9.36 Å². The Hall–Kier alpha value is -2.24. The van der Waals surface area contributed by atoms with Gasteiger partial charge in [-0.2, -0.15) is 0 Å². The van der Waals surface area contributed by atoms with Gasteiger partial charge in [0.05, 0.1) is 23.5 Å². The van der Waals surface area contributed by atoms with E-state index >= 15 is 0 Å².